The zero-order valence-electron chi connectivity index (χ0n) is 13.4. The van der Waals surface area contributed by atoms with Crippen LogP contribution in [0.5, 0.6) is 0 Å². The summed E-state index contributed by atoms with van der Waals surface area (Å²) in [6.07, 6.45) is 3.48. The first-order chi connectivity index (χ1) is 9.71. The molecule has 1 rings (SSSR count). The number of rotatable bonds is 6. The van der Waals surface area contributed by atoms with Crippen molar-refractivity contribution >= 4 is 12.0 Å². The molecule has 0 aromatic carbocycles. The molecule has 21 heavy (non-hydrogen) atoms. The number of aliphatic carboxylic acids is 1. The SMILES string of the molecule is COC1CCCC1NC(=O)NC(CC(=O)O)CC(C)(C)C. The van der Waals surface area contributed by atoms with Crippen molar-refractivity contribution in [1.82, 2.24) is 10.6 Å². The van der Waals surface area contributed by atoms with Crippen LogP contribution in [0, 0.1) is 5.41 Å². The van der Waals surface area contributed by atoms with Gasteiger partial charge in [0.05, 0.1) is 18.6 Å². The highest BCUT2D eigenvalue weighted by atomic mass is 16.5. The Hall–Kier alpha value is -1.30. The van der Waals surface area contributed by atoms with Crippen LogP contribution in [0.2, 0.25) is 0 Å². The zero-order chi connectivity index (χ0) is 16.0. The number of urea groups is 1. The molecule has 1 saturated carbocycles. The van der Waals surface area contributed by atoms with Crippen LogP contribution in [0.25, 0.3) is 0 Å². The molecule has 0 heterocycles. The molecule has 122 valence electrons. The van der Waals surface area contributed by atoms with Gasteiger partial charge in [-0.3, -0.25) is 4.79 Å². The van der Waals surface area contributed by atoms with Gasteiger partial charge in [-0.1, -0.05) is 20.8 Å². The van der Waals surface area contributed by atoms with Crippen molar-refractivity contribution in [3.05, 3.63) is 0 Å². The number of amides is 2. The smallest absolute Gasteiger partial charge is 0.315 e. The van der Waals surface area contributed by atoms with Crippen LogP contribution >= 0.6 is 0 Å². The third-order valence-electron chi connectivity index (χ3n) is 3.69. The van der Waals surface area contributed by atoms with Gasteiger partial charge >= 0.3 is 12.0 Å². The summed E-state index contributed by atoms with van der Waals surface area (Å²) in [6, 6.07) is -0.667. The Balaban J connectivity index is 2.52. The van der Waals surface area contributed by atoms with Crippen LogP contribution in [0.3, 0.4) is 0 Å². The summed E-state index contributed by atoms with van der Waals surface area (Å²) >= 11 is 0. The van der Waals surface area contributed by atoms with E-state index in [1.54, 1.807) is 7.11 Å². The van der Waals surface area contributed by atoms with E-state index >= 15 is 0 Å². The van der Waals surface area contributed by atoms with Crippen molar-refractivity contribution in [3.63, 3.8) is 0 Å². The Morgan fingerprint density at radius 1 is 1.33 bits per heavy atom. The van der Waals surface area contributed by atoms with Gasteiger partial charge < -0.3 is 20.5 Å². The number of carbonyl (C=O) groups is 2. The van der Waals surface area contributed by atoms with Crippen molar-refractivity contribution in [1.29, 1.82) is 0 Å². The zero-order valence-corrected chi connectivity index (χ0v) is 13.4. The molecule has 3 atom stereocenters. The number of hydrogen-bond donors (Lipinski definition) is 3. The van der Waals surface area contributed by atoms with Gasteiger partial charge in [-0.2, -0.15) is 0 Å². The Labute approximate surface area is 126 Å². The summed E-state index contributed by atoms with van der Waals surface area (Å²) in [5.74, 6) is -0.903. The maximum absolute atomic E-state index is 12.1. The molecule has 1 aliphatic carbocycles. The van der Waals surface area contributed by atoms with E-state index in [1.807, 2.05) is 20.8 Å². The van der Waals surface area contributed by atoms with Crippen LogP contribution in [0.15, 0.2) is 0 Å². The van der Waals surface area contributed by atoms with Gasteiger partial charge in [-0.15, -0.1) is 0 Å². The predicted molar refractivity (Wildman–Crippen MR) is 80.2 cm³/mol. The van der Waals surface area contributed by atoms with E-state index in [-0.39, 0.29) is 36.1 Å². The third-order valence-corrected chi connectivity index (χ3v) is 3.69. The number of carboxylic acids is 1. The van der Waals surface area contributed by atoms with Crippen molar-refractivity contribution in [3.8, 4) is 0 Å². The summed E-state index contributed by atoms with van der Waals surface area (Å²) < 4.78 is 5.34. The van der Waals surface area contributed by atoms with E-state index in [2.05, 4.69) is 10.6 Å². The van der Waals surface area contributed by atoms with Crippen LogP contribution < -0.4 is 10.6 Å². The minimum Gasteiger partial charge on any atom is -0.481 e. The van der Waals surface area contributed by atoms with Crippen molar-refractivity contribution in [2.45, 2.75) is 71.1 Å². The first-order valence-corrected chi connectivity index (χ1v) is 7.53. The molecule has 0 bridgehead atoms. The molecule has 6 nitrogen and oxygen atoms in total. The fraction of sp³-hybridized carbons (Fsp3) is 0.867. The second-order valence-electron chi connectivity index (χ2n) is 6.99. The monoisotopic (exact) mass is 300 g/mol. The molecule has 6 heteroatoms. The van der Waals surface area contributed by atoms with E-state index < -0.39 is 5.97 Å². The molecule has 0 radical (unpaired) electrons. The number of carbonyl (C=O) groups excluding carboxylic acids is 1. The summed E-state index contributed by atoms with van der Waals surface area (Å²) in [7, 11) is 1.65. The van der Waals surface area contributed by atoms with Gasteiger partial charge in [-0.25, -0.2) is 4.79 Å². The molecular formula is C15H28N2O4. The normalized spacial score (nSPS) is 23.6. The fourth-order valence-electron chi connectivity index (χ4n) is 2.89. The Kier molecular flexibility index (Phi) is 6.45. The third kappa shape index (κ3) is 6.80. The summed E-state index contributed by atoms with van der Waals surface area (Å²) in [5.41, 5.74) is -0.0458. The summed E-state index contributed by atoms with van der Waals surface area (Å²) in [6.45, 7) is 6.08. The Bertz CT molecular complexity index is 365. The molecule has 0 aromatic heterocycles. The van der Waals surface area contributed by atoms with Crippen molar-refractivity contribution in [2.75, 3.05) is 7.11 Å². The summed E-state index contributed by atoms with van der Waals surface area (Å²) in [4.78, 5) is 23.0. The lowest BCUT2D eigenvalue weighted by molar-refractivity contribution is -0.137. The summed E-state index contributed by atoms with van der Waals surface area (Å²) in [5, 5.41) is 14.7. The minimum absolute atomic E-state index is 0.00937. The molecule has 3 unspecified atom stereocenters. The average Bonchev–Trinajstić information content (AvgIpc) is 2.72. The van der Waals surface area contributed by atoms with Crippen LogP contribution in [-0.4, -0.2) is 42.4 Å². The number of nitrogens with one attached hydrogen (secondary N) is 2. The fourth-order valence-corrected chi connectivity index (χ4v) is 2.89. The molecule has 0 aromatic rings. The first-order valence-electron chi connectivity index (χ1n) is 7.53. The molecule has 1 fully saturated rings. The second kappa shape index (κ2) is 7.64. The maximum atomic E-state index is 12.1. The molecule has 3 N–H and O–H groups in total. The van der Waals surface area contributed by atoms with Crippen LogP contribution in [0.1, 0.15) is 52.9 Å². The molecule has 2 amide bonds. The number of carboxylic acid groups (broad SMARTS) is 1. The lowest BCUT2D eigenvalue weighted by Crippen LogP contribution is -2.50. The Morgan fingerprint density at radius 2 is 2.00 bits per heavy atom. The van der Waals surface area contributed by atoms with Crippen molar-refractivity contribution < 1.29 is 19.4 Å². The van der Waals surface area contributed by atoms with Crippen molar-refractivity contribution in [2.24, 2.45) is 5.41 Å². The van der Waals surface area contributed by atoms with Gasteiger partial charge in [0.25, 0.3) is 0 Å². The van der Waals surface area contributed by atoms with Gasteiger partial charge in [0, 0.05) is 13.2 Å². The highest BCUT2D eigenvalue weighted by molar-refractivity contribution is 5.76. The number of methoxy groups -OCH3 is 1. The highest BCUT2D eigenvalue weighted by Crippen LogP contribution is 2.23. The molecule has 1 aliphatic rings. The molecule has 0 spiro atoms. The van der Waals surface area contributed by atoms with Crippen LogP contribution in [-0.2, 0) is 9.53 Å². The number of hydrogen-bond acceptors (Lipinski definition) is 3. The maximum Gasteiger partial charge on any atom is 0.315 e. The van der Waals surface area contributed by atoms with E-state index in [4.69, 9.17) is 9.84 Å². The minimum atomic E-state index is -0.903. The van der Waals surface area contributed by atoms with E-state index in [9.17, 15) is 9.59 Å². The average molecular weight is 300 g/mol. The number of ether oxygens (including phenoxy) is 1. The van der Waals surface area contributed by atoms with E-state index in [1.165, 1.54) is 0 Å². The quantitative estimate of drug-likeness (QED) is 0.701. The van der Waals surface area contributed by atoms with Crippen LogP contribution in [0.4, 0.5) is 4.79 Å². The van der Waals surface area contributed by atoms with Gasteiger partial charge in [0.2, 0.25) is 0 Å². The second-order valence-corrected chi connectivity index (χ2v) is 6.99. The lowest BCUT2D eigenvalue weighted by atomic mass is 9.87. The largest absolute Gasteiger partial charge is 0.481 e. The lowest BCUT2D eigenvalue weighted by Gasteiger charge is -2.27. The standard InChI is InChI=1S/C15H28N2O4/c1-15(2,3)9-10(8-13(18)19)16-14(20)17-11-6-5-7-12(11)21-4/h10-12H,5-9H2,1-4H3,(H,18,19)(H2,16,17,20). The van der Waals surface area contributed by atoms with Gasteiger partial charge in [0.15, 0.2) is 0 Å². The van der Waals surface area contributed by atoms with Gasteiger partial charge in [0.1, 0.15) is 0 Å². The topological polar surface area (TPSA) is 87.7 Å². The molecular weight excluding hydrogens is 272 g/mol. The highest BCUT2D eigenvalue weighted by Gasteiger charge is 2.29. The van der Waals surface area contributed by atoms with E-state index in [0.717, 1.165) is 19.3 Å². The Morgan fingerprint density at radius 3 is 2.52 bits per heavy atom. The molecule has 0 saturated heterocycles. The first kappa shape index (κ1) is 17.8. The van der Waals surface area contributed by atoms with Gasteiger partial charge in [-0.05, 0) is 31.1 Å². The molecule has 0 aliphatic heterocycles. The predicted octanol–water partition coefficient (Wildman–Crippen LogP) is 2.13. The van der Waals surface area contributed by atoms with E-state index in [0.29, 0.717) is 6.42 Å².